The number of hydrogen-bond donors (Lipinski definition) is 2. The number of halogens is 4. The Bertz CT molecular complexity index is 719. The van der Waals surface area contributed by atoms with Crippen molar-refractivity contribution in [2.24, 2.45) is 0 Å². The second kappa shape index (κ2) is 7.68. The van der Waals surface area contributed by atoms with Gasteiger partial charge in [0.25, 0.3) is 0 Å². The zero-order valence-corrected chi connectivity index (χ0v) is 13.6. The molecule has 2 aromatic carbocycles. The molecular weight excluding hydrogens is 341 g/mol. The molecule has 3 nitrogen and oxygen atoms in total. The molecule has 0 fully saturated rings. The monoisotopic (exact) mass is 356 g/mol. The molecule has 2 aromatic rings. The molecule has 1 atom stereocenters. The van der Waals surface area contributed by atoms with E-state index in [9.17, 15) is 18.0 Å². The van der Waals surface area contributed by atoms with Crippen LogP contribution in [0, 0.1) is 0 Å². The molecule has 0 saturated heterocycles. The lowest BCUT2D eigenvalue weighted by Crippen LogP contribution is -2.30. The minimum absolute atomic E-state index is 0.125. The fraction of sp³-hybridized carbons (Fsp3) is 0.235. The summed E-state index contributed by atoms with van der Waals surface area (Å²) in [5.41, 5.74) is -0.251. The highest BCUT2D eigenvalue weighted by Gasteiger charge is 2.33. The first-order valence-corrected chi connectivity index (χ1v) is 7.60. The van der Waals surface area contributed by atoms with Gasteiger partial charge in [-0.3, -0.25) is 4.79 Å². The van der Waals surface area contributed by atoms with E-state index in [1.807, 2.05) is 13.0 Å². The average molecular weight is 357 g/mol. The van der Waals surface area contributed by atoms with E-state index in [1.54, 1.807) is 18.2 Å². The molecule has 0 aromatic heterocycles. The van der Waals surface area contributed by atoms with E-state index in [1.165, 1.54) is 18.2 Å². The fourth-order valence-corrected chi connectivity index (χ4v) is 2.37. The van der Waals surface area contributed by atoms with Gasteiger partial charge in [-0.25, -0.2) is 0 Å². The van der Waals surface area contributed by atoms with E-state index in [4.69, 9.17) is 11.6 Å². The third kappa shape index (κ3) is 4.97. The number of hydrogen-bond acceptors (Lipinski definition) is 2. The number of anilines is 1. The quantitative estimate of drug-likeness (QED) is 0.818. The van der Waals surface area contributed by atoms with Gasteiger partial charge in [0, 0.05) is 11.1 Å². The topological polar surface area (TPSA) is 41.1 Å². The van der Waals surface area contributed by atoms with Gasteiger partial charge in [-0.15, -0.1) is 0 Å². The van der Waals surface area contributed by atoms with Gasteiger partial charge < -0.3 is 10.6 Å². The highest BCUT2D eigenvalue weighted by atomic mass is 35.5. The van der Waals surface area contributed by atoms with E-state index in [-0.39, 0.29) is 18.3 Å². The molecule has 1 amide bonds. The van der Waals surface area contributed by atoms with Crippen molar-refractivity contribution in [3.8, 4) is 0 Å². The Morgan fingerprint density at radius 1 is 1.17 bits per heavy atom. The van der Waals surface area contributed by atoms with Crippen LogP contribution >= 0.6 is 11.6 Å². The summed E-state index contributed by atoms with van der Waals surface area (Å²) < 4.78 is 38.7. The van der Waals surface area contributed by atoms with E-state index in [0.29, 0.717) is 5.02 Å². The summed E-state index contributed by atoms with van der Waals surface area (Å²) >= 11 is 5.91. The Hall–Kier alpha value is -2.05. The first kappa shape index (κ1) is 18.3. The summed E-state index contributed by atoms with van der Waals surface area (Å²) in [6, 6.07) is 11.8. The molecule has 128 valence electrons. The smallest absolute Gasteiger partial charge is 0.324 e. The first-order valence-electron chi connectivity index (χ1n) is 7.22. The number of para-hydroxylation sites is 1. The highest BCUT2D eigenvalue weighted by Crippen LogP contribution is 2.34. The molecule has 0 heterocycles. The molecule has 0 aliphatic carbocycles. The highest BCUT2D eigenvalue weighted by molar-refractivity contribution is 6.30. The Morgan fingerprint density at radius 3 is 2.54 bits per heavy atom. The van der Waals surface area contributed by atoms with Gasteiger partial charge >= 0.3 is 6.18 Å². The molecular formula is C17H16ClF3N2O. The van der Waals surface area contributed by atoms with Crippen LogP contribution in [0.4, 0.5) is 18.9 Å². The second-order valence-electron chi connectivity index (χ2n) is 5.25. The maximum absolute atomic E-state index is 12.9. The van der Waals surface area contributed by atoms with Gasteiger partial charge in [0.1, 0.15) is 0 Å². The van der Waals surface area contributed by atoms with Crippen LogP contribution in [0.3, 0.4) is 0 Å². The molecule has 2 N–H and O–H groups in total. The number of nitrogens with one attached hydrogen (secondary N) is 2. The summed E-state index contributed by atoms with van der Waals surface area (Å²) in [4.78, 5) is 11.9. The molecule has 0 bridgehead atoms. The molecule has 0 saturated carbocycles. The second-order valence-corrected chi connectivity index (χ2v) is 5.69. The Balaban J connectivity index is 1.97. The largest absolute Gasteiger partial charge is 0.418 e. The lowest BCUT2D eigenvalue weighted by atomic mass is 10.1. The maximum atomic E-state index is 12.9. The van der Waals surface area contributed by atoms with Crippen molar-refractivity contribution >= 4 is 23.2 Å². The number of amides is 1. The summed E-state index contributed by atoms with van der Waals surface area (Å²) in [6.07, 6.45) is -4.52. The average Bonchev–Trinajstić information content (AvgIpc) is 2.52. The normalized spacial score (nSPS) is 12.7. The van der Waals surface area contributed by atoms with E-state index in [0.717, 1.165) is 11.6 Å². The third-order valence-corrected chi connectivity index (χ3v) is 3.66. The Kier molecular flexibility index (Phi) is 5.85. The van der Waals surface area contributed by atoms with Crippen LogP contribution in [0.15, 0.2) is 48.5 Å². The van der Waals surface area contributed by atoms with E-state index >= 15 is 0 Å². The van der Waals surface area contributed by atoms with E-state index in [2.05, 4.69) is 10.6 Å². The Morgan fingerprint density at radius 2 is 1.88 bits per heavy atom. The zero-order valence-electron chi connectivity index (χ0n) is 12.8. The molecule has 0 unspecified atom stereocenters. The molecule has 0 spiro atoms. The van der Waals surface area contributed by atoms with Crippen molar-refractivity contribution < 1.29 is 18.0 Å². The first-order chi connectivity index (χ1) is 11.3. The van der Waals surface area contributed by atoms with Gasteiger partial charge in [0.05, 0.1) is 17.8 Å². The number of rotatable bonds is 5. The minimum atomic E-state index is -4.52. The zero-order chi connectivity index (χ0) is 17.7. The van der Waals surface area contributed by atoms with Crippen LogP contribution in [-0.2, 0) is 11.0 Å². The maximum Gasteiger partial charge on any atom is 0.418 e. The van der Waals surface area contributed by atoms with Crippen LogP contribution in [0.1, 0.15) is 24.1 Å². The van der Waals surface area contributed by atoms with Crippen LogP contribution < -0.4 is 10.6 Å². The standard InChI is InChI=1S/C17H16ClF3N2O/c1-11(12-5-4-6-13(18)9-12)22-10-16(24)23-15-8-3-2-7-14(15)17(19,20)21/h2-9,11,22H,10H2,1H3,(H,23,24)/t11-/m0/s1. The van der Waals surface area contributed by atoms with Crippen LogP contribution in [-0.4, -0.2) is 12.5 Å². The van der Waals surface area contributed by atoms with Crippen LogP contribution in [0.5, 0.6) is 0 Å². The van der Waals surface area contributed by atoms with Gasteiger partial charge in [-0.2, -0.15) is 13.2 Å². The van der Waals surface area contributed by atoms with E-state index < -0.39 is 17.6 Å². The summed E-state index contributed by atoms with van der Waals surface area (Å²) in [5, 5.41) is 5.81. The van der Waals surface area contributed by atoms with Crippen molar-refractivity contribution in [3.05, 3.63) is 64.7 Å². The number of carbonyl (C=O) groups is 1. The summed E-state index contributed by atoms with van der Waals surface area (Å²) in [6.45, 7) is 1.71. The predicted octanol–water partition coefficient (Wildman–Crippen LogP) is 4.65. The van der Waals surface area contributed by atoms with Crippen molar-refractivity contribution in [3.63, 3.8) is 0 Å². The van der Waals surface area contributed by atoms with Crippen molar-refractivity contribution in [2.75, 3.05) is 11.9 Å². The molecule has 24 heavy (non-hydrogen) atoms. The van der Waals surface area contributed by atoms with Crippen LogP contribution in [0.2, 0.25) is 5.02 Å². The lowest BCUT2D eigenvalue weighted by molar-refractivity contribution is -0.137. The third-order valence-electron chi connectivity index (χ3n) is 3.42. The SMILES string of the molecule is C[C@H](NCC(=O)Nc1ccccc1C(F)(F)F)c1cccc(Cl)c1. The number of carbonyl (C=O) groups excluding carboxylic acids is 1. The summed E-state index contributed by atoms with van der Waals surface area (Å²) in [5.74, 6) is -0.555. The Labute approximate surface area is 142 Å². The fourth-order valence-electron chi connectivity index (χ4n) is 2.17. The molecule has 0 aliphatic rings. The van der Waals surface area contributed by atoms with Gasteiger partial charge in [-0.05, 0) is 36.8 Å². The number of alkyl halides is 3. The lowest BCUT2D eigenvalue weighted by Gasteiger charge is -2.16. The molecule has 0 aliphatic heterocycles. The minimum Gasteiger partial charge on any atom is -0.324 e. The van der Waals surface area contributed by atoms with Gasteiger partial charge in [0.2, 0.25) is 5.91 Å². The molecule has 2 rings (SSSR count). The number of benzene rings is 2. The van der Waals surface area contributed by atoms with Crippen molar-refractivity contribution in [1.29, 1.82) is 0 Å². The molecule has 7 heteroatoms. The van der Waals surface area contributed by atoms with Crippen LogP contribution in [0.25, 0.3) is 0 Å². The molecule has 0 radical (unpaired) electrons. The summed E-state index contributed by atoms with van der Waals surface area (Å²) in [7, 11) is 0. The van der Waals surface area contributed by atoms with Gasteiger partial charge in [0.15, 0.2) is 0 Å². The predicted molar refractivity (Wildman–Crippen MR) is 87.9 cm³/mol. The van der Waals surface area contributed by atoms with Crippen molar-refractivity contribution in [2.45, 2.75) is 19.1 Å². The van der Waals surface area contributed by atoms with Gasteiger partial charge in [-0.1, -0.05) is 35.9 Å². The van der Waals surface area contributed by atoms with Crippen molar-refractivity contribution in [1.82, 2.24) is 5.32 Å².